The number of nitrogens with zero attached hydrogens (tertiary/aromatic N) is 2. The number of hydrogen-bond donors (Lipinski definition) is 0. The van der Waals surface area contributed by atoms with Crippen LogP contribution in [-0.2, 0) is 10.5 Å². The molecule has 4 rings (SSSR count). The molecule has 0 aliphatic carbocycles. The summed E-state index contributed by atoms with van der Waals surface area (Å²) in [7, 11) is 0. The van der Waals surface area contributed by atoms with Crippen LogP contribution in [0.15, 0.2) is 71.7 Å². The van der Waals surface area contributed by atoms with Crippen LogP contribution in [0.4, 0.5) is 0 Å². The minimum Gasteiger partial charge on any atom is -0.484 e. The standard InChI is InChI=1S/C22H19ClN2O2S/c23-19-7-3-4-16(12-19)15-28-22-24-10-11-25(22)21(26)14-27-20-9-8-17-5-1-2-6-18(17)13-20/h1-9,12-13H,10-11,14-15H2. The Labute approximate surface area is 173 Å². The summed E-state index contributed by atoms with van der Waals surface area (Å²) in [5.41, 5.74) is 1.10. The Kier molecular flexibility index (Phi) is 5.84. The number of carbonyl (C=O) groups excluding carboxylic acids is 1. The van der Waals surface area contributed by atoms with Gasteiger partial charge in [0.15, 0.2) is 11.8 Å². The Morgan fingerprint density at radius 2 is 1.93 bits per heavy atom. The summed E-state index contributed by atoms with van der Waals surface area (Å²) in [6.07, 6.45) is 0. The molecule has 142 valence electrons. The second-order valence-electron chi connectivity index (χ2n) is 6.43. The Morgan fingerprint density at radius 3 is 2.79 bits per heavy atom. The van der Waals surface area contributed by atoms with E-state index >= 15 is 0 Å². The lowest BCUT2D eigenvalue weighted by Gasteiger charge is -2.18. The molecule has 0 aromatic heterocycles. The predicted octanol–water partition coefficient (Wildman–Crippen LogP) is 5.00. The maximum atomic E-state index is 12.6. The van der Waals surface area contributed by atoms with Crippen LogP contribution in [0.25, 0.3) is 10.8 Å². The van der Waals surface area contributed by atoms with Crippen molar-refractivity contribution in [3.05, 3.63) is 77.3 Å². The molecule has 1 aliphatic rings. The number of hydrogen-bond acceptors (Lipinski definition) is 4. The van der Waals surface area contributed by atoms with E-state index in [0.29, 0.717) is 29.6 Å². The summed E-state index contributed by atoms with van der Waals surface area (Å²) in [4.78, 5) is 18.8. The molecule has 0 unspecified atom stereocenters. The van der Waals surface area contributed by atoms with E-state index in [2.05, 4.69) is 4.99 Å². The summed E-state index contributed by atoms with van der Waals surface area (Å²) in [6, 6.07) is 21.6. The molecule has 0 saturated carbocycles. The van der Waals surface area contributed by atoms with E-state index in [1.54, 1.807) is 16.7 Å². The zero-order chi connectivity index (χ0) is 19.3. The molecule has 1 amide bonds. The van der Waals surface area contributed by atoms with Gasteiger partial charge in [-0.15, -0.1) is 0 Å². The molecule has 0 saturated heterocycles. The highest BCUT2D eigenvalue weighted by molar-refractivity contribution is 8.13. The smallest absolute Gasteiger partial charge is 0.266 e. The Bertz CT molecular complexity index is 1040. The molecule has 0 radical (unpaired) electrons. The SMILES string of the molecule is O=C(COc1ccc2ccccc2c1)N1CCN=C1SCc1cccc(Cl)c1. The maximum absolute atomic E-state index is 12.6. The average molecular weight is 411 g/mol. The Hall–Kier alpha value is -2.50. The average Bonchev–Trinajstić information content (AvgIpc) is 3.19. The van der Waals surface area contributed by atoms with Crippen molar-refractivity contribution in [1.82, 2.24) is 4.90 Å². The molecular formula is C22H19ClN2O2S. The first-order valence-electron chi connectivity index (χ1n) is 9.03. The molecule has 0 spiro atoms. The zero-order valence-electron chi connectivity index (χ0n) is 15.2. The van der Waals surface area contributed by atoms with Crippen LogP contribution in [-0.4, -0.2) is 35.7 Å². The number of ether oxygens (including phenoxy) is 1. The minimum atomic E-state index is -0.0806. The van der Waals surface area contributed by atoms with Crippen LogP contribution in [0.3, 0.4) is 0 Å². The molecule has 3 aromatic rings. The lowest BCUT2D eigenvalue weighted by atomic mass is 10.1. The van der Waals surface area contributed by atoms with E-state index < -0.39 is 0 Å². The van der Waals surface area contributed by atoms with E-state index in [1.165, 1.54) is 0 Å². The highest BCUT2D eigenvalue weighted by atomic mass is 35.5. The summed E-state index contributed by atoms with van der Waals surface area (Å²) in [5.74, 6) is 1.33. The van der Waals surface area contributed by atoms with Crippen molar-refractivity contribution in [3.63, 3.8) is 0 Å². The van der Waals surface area contributed by atoms with E-state index in [4.69, 9.17) is 16.3 Å². The van der Waals surface area contributed by atoms with Crippen LogP contribution in [0, 0.1) is 0 Å². The number of fused-ring (bicyclic) bond motifs is 1. The second kappa shape index (κ2) is 8.67. The molecule has 28 heavy (non-hydrogen) atoms. The third-order valence-electron chi connectivity index (χ3n) is 4.44. The van der Waals surface area contributed by atoms with Crippen LogP contribution >= 0.6 is 23.4 Å². The largest absolute Gasteiger partial charge is 0.484 e. The summed E-state index contributed by atoms with van der Waals surface area (Å²) < 4.78 is 5.74. The first-order chi connectivity index (χ1) is 13.7. The lowest BCUT2D eigenvalue weighted by Crippen LogP contribution is -2.36. The molecular weight excluding hydrogens is 392 g/mol. The number of aliphatic imine (C=N–C) groups is 1. The fourth-order valence-corrected chi connectivity index (χ4v) is 4.26. The fourth-order valence-electron chi connectivity index (χ4n) is 3.04. The van der Waals surface area contributed by atoms with Crippen LogP contribution in [0.5, 0.6) is 5.75 Å². The predicted molar refractivity (Wildman–Crippen MR) is 116 cm³/mol. The Balaban J connectivity index is 1.34. The highest BCUT2D eigenvalue weighted by Gasteiger charge is 2.24. The second-order valence-corrected chi connectivity index (χ2v) is 7.80. The van der Waals surface area contributed by atoms with Gasteiger partial charge in [0, 0.05) is 17.3 Å². The van der Waals surface area contributed by atoms with Gasteiger partial charge >= 0.3 is 0 Å². The number of amidine groups is 1. The van der Waals surface area contributed by atoms with Crippen molar-refractivity contribution in [2.75, 3.05) is 19.7 Å². The van der Waals surface area contributed by atoms with Gasteiger partial charge in [-0.05, 0) is 40.6 Å². The van der Waals surface area contributed by atoms with Gasteiger partial charge < -0.3 is 4.74 Å². The summed E-state index contributed by atoms with van der Waals surface area (Å²) >= 11 is 7.58. The molecule has 0 bridgehead atoms. The molecule has 0 fully saturated rings. The van der Waals surface area contributed by atoms with E-state index in [1.807, 2.05) is 66.7 Å². The topological polar surface area (TPSA) is 41.9 Å². The van der Waals surface area contributed by atoms with E-state index in [-0.39, 0.29) is 12.5 Å². The van der Waals surface area contributed by atoms with Crippen molar-refractivity contribution in [2.45, 2.75) is 5.75 Å². The number of amides is 1. The normalized spacial score (nSPS) is 13.6. The van der Waals surface area contributed by atoms with Gasteiger partial charge in [-0.1, -0.05) is 65.8 Å². The van der Waals surface area contributed by atoms with Gasteiger partial charge in [-0.2, -0.15) is 0 Å². The molecule has 0 atom stereocenters. The van der Waals surface area contributed by atoms with Crippen molar-refractivity contribution in [2.24, 2.45) is 4.99 Å². The molecule has 4 nitrogen and oxygen atoms in total. The number of halogens is 1. The summed E-state index contributed by atoms with van der Waals surface area (Å²) in [6.45, 7) is 1.21. The molecule has 6 heteroatoms. The van der Waals surface area contributed by atoms with Gasteiger partial charge in [0.1, 0.15) is 5.75 Å². The number of thioether (sulfide) groups is 1. The number of benzene rings is 3. The first kappa shape index (κ1) is 18.8. The quantitative estimate of drug-likeness (QED) is 0.594. The summed E-state index contributed by atoms with van der Waals surface area (Å²) in [5, 5.41) is 3.69. The van der Waals surface area contributed by atoms with Gasteiger partial charge in [-0.3, -0.25) is 14.7 Å². The Morgan fingerprint density at radius 1 is 1.07 bits per heavy atom. The maximum Gasteiger partial charge on any atom is 0.266 e. The van der Waals surface area contributed by atoms with E-state index in [0.717, 1.165) is 21.5 Å². The number of carbonyl (C=O) groups is 1. The molecule has 0 N–H and O–H groups in total. The van der Waals surface area contributed by atoms with Crippen LogP contribution in [0.1, 0.15) is 5.56 Å². The lowest BCUT2D eigenvalue weighted by molar-refractivity contribution is -0.128. The first-order valence-corrected chi connectivity index (χ1v) is 10.4. The number of rotatable bonds is 5. The van der Waals surface area contributed by atoms with E-state index in [9.17, 15) is 4.79 Å². The zero-order valence-corrected chi connectivity index (χ0v) is 16.7. The van der Waals surface area contributed by atoms with Gasteiger partial charge in [-0.25, -0.2) is 0 Å². The van der Waals surface area contributed by atoms with Crippen molar-refractivity contribution in [1.29, 1.82) is 0 Å². The van der Waals surface area contributed by atoms with Crippen molar-refractivity contribution < 1.29 is 9.53 Å². The van der Waals surface area contributed by atoms with Crippen LogP contribution in [0.2, 0.25) is 5.02 Å². The fraction of sp³-hybridized carbons (Fsp3) is 0.182. The molecule has 1 aliphatic heterocycles. The van der Waals surface area contributed by atoms with Gasteiger partial charge in [0.2, 0.25) is 0 Å². The van der Waals surface area contributed by atoms with Crippen molar-refractivity contribution >= 4 is 45.2 Å². The third kappa shape index (κ3) is 4.49. The third-order valence-corrected chi connectivity index (χ3v) is 5.76. The van der Waals surface area contributed by atoms with Crippen molar-refractivity contribution in [3.8, 4) is 5.75 Å². The monoisotopic (exact) mass is 410 g/mol. The molecule has 3 aromatic carbocycles. The highest BCUT2D eigenvalue weighted by Crippen LogP contribution is 2.23. The van der Waals surface area contributed by atoms with Gasteiger partial charge in [0.05, 0.1) is 6.54 Å². The van der Waals surface area contributed by atoms with Crippen LogP contribution < -0.4 is 4.74 Å². The van der Waals surface area contributed by atoms with Gasteiger partial charge in [0.25, 0.3) is 5.91 Å². The minimum absolute atomic E-state index is 0.00488. The molecule has 1 heterocycles.